The third-order valence-electron chi connectivity index (χ3n) is 6.30. The van der Waals surface area contributed by atoms with Gasteiger partial charge < -0.3 is 14.5 Å². The molecule has 3 aromatic rings. The van der Waals surface area contributed by atoms with E-state index >= 15 is 0 Å². The van der Waals surface area contributed by atoms with Gasteiger partial charge in [0.05, 0.1) is 18.8 Å². The minimum Gasteiger partial charge on any atom is -0.497 e. The molecule has 1 aromatic heterocycles. The molecule has 1 N–H and O–H groups in total. The molecule has 0 radical (unpaired) electrons. The number of carbonyl (C=O) groups excluding carboxylic acids is 1. The minimum absolute atomic E-state index is 0.116. The summed E-state index contributed by atoms with van der Waals surface area (Å²) < 4.78 is 5.33. The van der Waals surface area contributed by atoms with Crippen LogP contribution in [0.4, 0.5) is 5.69 Å². The summed E-state index contributed by atoms with van der Waals surface area (Å²) in [5.41, 5.74) is 5.74. The van der Waals surface area contributed by atoms with Crippen molar-refractivity contribution in [3.63, 3.8) is 0 Å². The second kappa shape index (κ2) is 8.84. The summed E-state index contributed by atoms with van der Waals surface area (Å²) in [6.07, 6.45) is 7.78. The van der Waals surface area contributed by atoms with Crippen molar-refractivity contribution in [2.24, 2.45) is 0 Å². The van der Waals surface area contributed by atoms with E-state index in [4.69, 9.17) is 4.74 Å². The monoisotopic (exact) mass is 418 g/mol. The normalized spacial score (nSPS) is 14.2. The third-order valence-corrected chi connectivity index (χ3v) is 6.30. The van der Waals surface area contributed by atoms with Crippen LogP contribution in [0.1, 0.15) is 30.9 Å². The highest BCUT2D eigenvalue weighted by atomic mass is 16.5. The molecule has 0 bridgehead atoms. The van der Waals surface area contributed by atoms with E-state index < -0.39 is 0 Å². The van der Waals surface area contributed by atoms with Crippen LogP contribution < -0.4 is 9.64 Å². The lowest BCUT2D eigenvalue weighted by molar-refractivity contribution is -0.121. The number of methoxy groups -OCH3 is 1. The number of hydrogen-bond acceptors (Lipinski definition) is 4. The summed E-state index contributed by atoms with van der Waals surface area (Å²) in [6.45, 7) is 3.57. The molecular formula is C25H30N4O2. The van der Waals surface area contributed by atoms with E-state index in [1.165, 1.54) is 16.8 Å². The van der Waals surface area contributed by atoms with Crippen LogP contribution >= 0.6 is 0 Å². The number of likely N-dealkylation sites (N-methyl/N-ethyl adjacent to an activating group) is 1. The molecule has 1 amide bonds. The summed E-state index contributed by atoms with van der Waals surface area (Å²) in [7, 11) is 3.78. The zero-order chi connectivity index (χ0) is 21.8. The average molecular weight is 419 g/mol. The number of nitrogens with zero attached hydrogens (tertiary/aromatic N) is 3. The molecule has 0 atom stereocenters. The molecule has 6 nitrogen and oxygen atoms in total. The number of hydrogen-bond donors (Lipinski definition) is 1. The number of aryl methyl sites for hydroxylation is 1. The summed E-state index contributed by atoms with van der Waals surface area (Å²) >= 11 is 0. The lowest BCUT2D eigenvalue weighted by atomic mass is 9.99. The zero-order valence-corrected chi connectivity index (χ0v) is 18.5. The number of aromatic amines is 1. The highest BCUT2D eigenvalue weighted by molar-refractivity contribution is 5.69. The standard InChI is InChI=1S/C25H30N4O2/c1-4-20-13-22(8-9-24(20)21-14-26-27-15-21)28(2)17-25(10-11-25)29(18-30)16-19-6-5-7-23(12-19)31-3/h5-9,12-15,18H,4,10-11,16-17H2,1-3H3,(H,26,27). The van der Waals surface area contributed by atoms with Crippen molar-refractivity contribution in [1.29, 1.82) is 0 Å². The molecule has 0 saturated heterocycles. The molecule has 0 spiro atoms. The average Bonchev–Trinajstić information content (AvgIpc) is 3.37. The molecule has 0 aliphatic heterocycles. The second-order valence-electron chi connectivity index (χ2n) is 8.35. The highest BCUT2D eigenvalue weighted by Crippen LogP contribution is 2.43. The van der Waals surface area contributed by atoms with E-state index in [1.807, 2.05) is 41.6 Å². The van der Waals surface area contributed by atoms with E-state index in [1.54, 1.807) is 7.11 Å². The van der Waals surface area contributed by atoms with Crippen LogP contribution in [0.3, 0.4) is 0 Å². The van der Waals surface area contributed by atoms with Crippen LogP contribution in [0.15, 0.2) is 54.9 Å². The highest BCUT2D eigenvalue weighted by Gasteiger charge is 2.48. The van der Waals surface area contributed by atoms with Gasteiger partial charge in [-0.2, -0.15) is 5.10 Å². The largest absolute Gasteiger partial charge is 0.497 e. The Morgan fingerprint density at radius 3 is 2.71 bits per heavy atom. The Labute approximate surface area is 183 Å². The number of H-pyrrole nitrogens is 1. The predicted octanol–water partition coefficient (Wildman–Crippen LogP) is 4.28. The van der Waals surface area contributed by atoms with Gasteiger partial charge in [0.1, 0.15) is 5.75 Å². The van der Waals surface area contributed by atoms with Crippen LogP contribution in [0.5, 0.6) is 5.75 Å². The maximum Gasteiger partial charge on any atom is 0.210 e. The summed E-state index contributed by atoms with van der Waals surface area (Å²) in [4.78, 5) is 16.2. The Hall–Kier alpha value is -3.28. The van der Waals surface area contributed by atoms with Gasteiger partial charge in [-0.15, -0.1) is 0 Å². The fraction of sp³-hybridized carbons (Fsp3) is 0.360. The van der Waals surface area contributed by atoms with E-state index in [0.29, 0.717) is 6.54 Å². The van der Waals surface area contributed by atoms with Crippen LogP contribution in [0, 0.1) is 0 Å². The van der Waals surface area contributed by atoms with Gasteiger partial charge >= 0.3 is 0 Å². The number of aromatic nitrogens is 2. The number of carbonyl (C=O) groups is 1. The van der Waals surface area contributed by atoms with E-state index in [0.717, 1.165) is 49.1 Å². The molecule has 2 aromatic carbocycles. The van der Waals surface area contributed by atoms with Gasteiger partial charge in [-0.25, -0.2) is 0 Å². The van der Waals surface area contributed by atoms with Crippen molar-refractivity contribution >= 4 is 12.1 Å². The predicted molar refractivity (Wildman–Crippen MR) is 123 cm³/mol. The molecule has 1 heterocycles. The first-order valence-electron chi connectivity index (χ1n) is 10.8. The molecule has 1 aliphatic carbocycles. The number of rotatable bonds is 10. The minimum atomic E-state index is -0.116. The zero-order valence-electron chi connectivity index (χ0n) is 18.5. The summed E-state index contributed by atoms with van der Waals surface area (Å²) in [6, 6.07) is 14.5. The Balaban J connectivity index is 1.50. The number of amides is 1. The van der Waals surface area contributed by atoms with Crippen molar-refractivity contribution in [2.75, 3.05) is 25.6 Å². The molecular weight excluding hydrogens is 388 g/mol. The number of benzene rings is 2. The van der Waals surface area contributed by atoms with Crippen LogP contribution in [-0.4, -0.2) is 47.7 Å². The smallest absolute Gasteiger partial charge is 0.210 e. The lowest BCUT2D eigenvalue weighted by Gasteiger charge is -2.33. The van der Waals surface area contributed by atoms with Gasteiger partial charge in [0.2, 0.25) is 6.41 Å². The van der Waals surface area contributed by atoms with Gasteiger partial charge in [0, 0.05) is 37.6 Å². The first-order valence-corrected chi connectivity index (χ1v) is 10.8. The quantitative estimate of drug-likeness (QED) is 0.500. The third kappa shape index (κ3) is 4.43. The van der Waals surface area contributed by atoms with Crippen molar-refractivity contribution in [1.82, 2.24) is 15.1 Å². The second-order valence-corrected chi connectivity index (χ2v) is 8.35. The van der Waals surface area contributed by atoms with Crippen molar-refractivity contribution in [3.05, 3.63) is 66.0 Å². The lowest BCUT2D eigenvalue weighted by Crippen LogP contribution is -2.44. The molecule has 0 unspecified atom stereocenters. The maximum absolute atomic E-state index is 12.0. The molecule has 6 heteroatoms. The van der Waals surface area contributed by atoms with E-state index in [-0.39, 0.29) is 5.54 Å². The Kier molecular flexibility index (Phi) is 5.98. The first kappa shape index (κ1) is 21.0. The number of ether oxygens (including phenoxy) is 1. The Bertz CT molecular complexity index is 1030. The summed E-state index contributed by atoms with van der Waals surface area (Å²) in [5, 5.41) is 6.98. The van der Waals surface area contributed by atoms with Gasteiger partial charge in [-0.1, -0.05) is 25.1 Å². The van der Waals surface area contributed by atoms with E-state index in [2.05, 4.69) is 47.3 Å². The van der Waals surface area contributed by atoms with Gasteiger partial charge in [-0.05, 0) is 60.2 Å². The molecule has 1 aliphatic rings. The van der Waals surface area contributed by atoms with Crippen LogP contribution in [-0.2, 0) is 17.8 Å². The summed E-state index contributed by atoms with van der Waals surface area (Å²) in [5.74, 6) is 0.815. The molecule has 162 valence electrons. The molecule has 1 saturated carbocycles. The van der Waals surface area contributed by atoms with E-state index in [9.17, 15) is 4.79 Å². The fourth-order valence-corrected chi connectivity index (χ4v) is 4.29. The topological polar surface area (TPSA) is 61.5 Å². The van der Waals surface area contributed by atoms with Crippen LogP contribution in [0.2, 0.25) is 0 Å². The van der Waals surface area contributed by atoms with Crippen molar-refractivity contribution < 1.29 is 9.53 Å². The maximum atomic E-state index is 12.0. The molecule has 31 heavy (non-hydrogen) atoms. The SMILES string of the molecule is CCc1cc(N(C)CC2(N(C=O)Cc3cccc(OC)c3)CC2)ccc1-c1cn[nH]c1. The molecule has 1 fully saturated rings. The number of anilines is 1. The first-order chi connectivity index (χ1) is 15.1. The fourth-order valence-electron chi connectivity index (χ4n) is 4.29. The van der Waals surface area contributed by atoms with Gasteiger partial charge in [0.25, 0.3) is 0 Å². The van der Waals surface area contributed by atoms with Gasteiger partial charge in [-0.3, -0.25) is 9.89 Å². The van der Waals surface area contributed by atoms with Crippen molar-refractivity contribution in [2.45, 2.75) is 38.3 Å². The van der Waals surface area contributed by atoms with Gasteiger partial charge in [0.15, 0.2) is 0 Å². The van der Waals surface area contributed by atoms with Crippen molar-refractivity contribution in [3.8, 4) is 16.9 Å². The van der Waals surface area contributed by atoms with Crippen LogP contribution in [0.25, 0.3) is 11.1 Å². The molecule has 4 rings (SSSR count). The Morgan fingerprint density at radius 1 is 1.23 bits per heavy atom. The Morgan fingerprint density at radius 2 is 2.06 bits per heavy atom. The number of nitrogens with one attached hydrogen (secondary N) is 1.